The Kier molecular flexibility index (Phi) is 3.13. The van der Waals surface area contributed by atoms with Gasteiger partial charge in [-0.25, -0.2) is 4.39 Å². The number of aliphatic hydroxyl groups is 1. The molecule has 0 fully saturated rings. The van der Waals surface area contributed by atoms with Crippen LogP contribution in [0, 0.1) is 5.82 Å². The average molecular weight is 341 g/mol. The highest BCUT2D eigenvalue weighted by Gasteiger charge is 2.53. The fourth-order valence-corrected chi connectivity index (χ4v) is 2.36. The summed E-state index contributed by atoms with van der Waals surface area (Å²) >= 11 is 3.00. The molecule has 0 aliphatic heterocycles. The predicted molar refractivity (Wildman–Crippen MR) is 64.0 cm³/mol. The largest absolute Gasteiger partial charge is 0.422 e. The molecule has 8 heteroatoms. The molecule has 19 heavy (non-hydrogen) atoms. The van der Waals surface area contributed by atoms with E-state index in [4.69, 9.17) is 0 Å². The molecule has 2 rings (SSSR count). The second kappa shape index (κ2) is 4.17. The number of benzene rings is 1. The Balaban J connectivity index is 2.85. The number of halogens is 5. The summed E-state index contributed by atoms with van der Waals surface area (Å²) in [7, 11) is 1.23. The van der Waals surface area contributed by atoms with Crippen LogP contribution in [-0.4, -0.2) is 21.1 Å². The van der Waals surface area contributed by atoms with Crippen molar-refractivity contribution >= 4 is 26.8 Å². The van der Waals surface area contributed by atoms with Gasteiger partial charge in [-0.05, 0) is 19.1 Å². The third kappa shape index (κ3) is 2.12. The van der Waals surface area contributed by atoms with Crippen molar-refractivity contribution in [2.75, 3.05) is 0 Å². The van der Waals surface area contributed by atoms with Gasteiger partial charge in [0.1, 0.15) is 5.52 Å². The molecule has 0 radical (unpaired) electrons. The van der Waals surface area contributed by atoms with Crippen molar-refractivity contribution in [1.29, 1.82) is 0 Å². The number of fused-ring (bicyclic) bond motifs is 1. The van der Waals surface area contributed by atoms with Gasteiger partial charge in [-0.15, -0.1) is 0 Å². The Morgan fingerprint density at radius 2 is 1.89 bits per heavy atom. The monoisotopic (exact) mass is 340 g/mol. The summed E-state index contributed by atoms with van der Waals surface area (Å²) in [6.45, 7) is 0.613. The Bertz CT molecular complexity index is 648. The van der Waals surface area contributed by atoms with E-state index in [1.165, 1.54) is 13.1 Å². The van der Waals surface area contributed by atoms with Crippen LogP contribution in [0.5, 0.6) is 0 Å². The first-order chi connectivity index (χ1) is 8.55. The van der Waals surface area contributed by atoms with E-state index < -0.39 is 23.3 Å². The van der Waals surface area contributed by atoms with E-state index in [2.05, 4.69) is 21.0 Å². The standard InChI is InChI=1S/C11H9BrF4N2O/c1-10(19,11(14,15)16)9-6-3-5(12)4-7(13)8(6)17-18(9)2/h3-4,19H,1-2H3/t10-/m1/s1. The molecule has 0 aliphatic carbocycles. The fourth-order valence-electron chi connectivity index (χ4n) is 1.93. The van der Waals surface area contributed by atoms with Gasteiger partial charge in [-0.2, -0.15) is 18.3 Å². The van der Waals surface area contributed by atoms with Crippen LogP contribution in [0.2, 0.25) is 0 Å². The molecular formula is C11H9BrF4N2O. The van der Waals surface area contributed by atoms with Crippen molar-refractivity contribution in [3.05, 3.63) is 28.1 Å². The molecule has 0 unspecified atom stereocenters. The zero-order chi connectivity index (χ0) is 14.6. The third-order valence-electron chi connectivity index (χ3n) is 2.87. The summed E-state index contributed by atoms with van der Waals surface area (Å²) in [4.78, 5) is 0. The summed E-state index contributed by atoms with van der Waals surface area (Å²) in [6, 6.07) is 2.39. The lowest BCUT2D eigenvalue weighted by atomic mass is 9.98. The van der Waals surface area contributed by atoms with Gasteiger partial charge in [0, 0.05) is 16.9 Å². The maximum absolute atomic E-state index is 13.7. The van der Waals surface area contributed by atoms with Gasteiger partial charge in [-0.3, -0.25) is 4.68 Å². The van der Waals surface area contributed by atoms with Crippen molar-refractivity contribution in [3.63, 3.8) is 0 Å². The van der Waals surface area contributed by atoms with Crippen LogP contribution in [0.3, 0.4) is 0 Å². The first kappa shape index (κ1) is 14.3. The smallest absolute Gasteiger partial charge is 0.375 e. The third-order valence-corrected chi connectivity index (χ3v) is 3.33. The van der Waals surface area contributed by atoms with Gasteiger partial charge < -0.3 is 5.11 Å². The molecule has 0 bridgehead atoms. The number of nitrogens with zero attached hydrogens (tertiary/aromatic N) is 2. The quantitative estimate of drug-likeness (QED) is 0.809. The molecule has 2 aromatic rings. The summed E-state index contributed by atoms with van der Waals surface area (Å²) in [5.41, 5.74) is -3.84. The van der Waals surface area contributed by atoms with Crippen LogP contribution in [0.15, 0.2) is 16.6 Å². The Hall–Kier alpha value is -1.15. The predicted octanol–water partition coefficient (Wildman–Crippen LogP) is 3.24. The van der Waals surface area contributed by atoms with Crippen LogP contribution in [0.1, 0.15) is 12.6 Å². The molecule has 0 aliphatic rings. The summed E-state index contributed by atoms with van der Waals surface area (Å²) in [5.74, 6) is -0.760. The number of aryl methyl sites for hydroxylation is 1. The Morgan fingerprint density at radius 3 is 2.42 bits per heavy atom. The number of alkyl halides is 3. The molecule has 1 aromatic heterocycles. The maximum Gasteiger partial charge on any atom is 0.422 e. The molecule has 1 atom stereocenters. The summed E-state index contributed by atoms with van der Waals surface area (Å²) < 4.78 is 53.5. The molecule has 1 heterocycles. The first-order valence-electron chi connectivity index (χ1n) is 5.17. The maximum atomic E-state index is 13.7. The second-order valence-electron chi connectivity index (χ2n) is 4.33. The number of aromatic nitrogens is 2. The van der Waals surface area contributed by atoms with E-state index in [0.717, 1.165) is 10.7 Å². The molecule has 3 nitrogen and oxygen atoms in total. The zero-order valence-electron chi connectivity index (χ0n) is 9.89. The summed E-state index contributed by atoms with van der Waals surface area (Å²) in [6.07, 6.45) is -4.90. The molecule has 0 spiro atoms. The van der Waals surface area contributed by atoms with Gasteiger partial charge in [-0.1, -0.05) is 15.9 Å². The van der Waals surface area contributed by atoms with Crippen LogP contribution in [0.4, 0.5) is 17.6 Å². The van der Waals surface area contributed by atoms with Gasteiger partial charge >= 0.3 is 6.18 Å². The molecule has 1 aromatic carbocycles. The highest BCUT2D eigenvalue weighted by Crippen LogP contribution is 2.41. The van der Waals surface area contributed by atoms with Crippen molar-refractivity contribution in [2.45, 2.75) is 18.7 Å². The lowest BCUT2D eigenvalue weighted by Gasteiger charge is -2.26. The SMILES string of the molecule is Cn1nc2c(F)cc(Br)cc2c1[C@@](C)(O)C(F)(F)F. The molecule has 0 saturated carbocycles. The van der Waals surface area contributed by atoms with E-state index >= 15 is 0 Å². The molecule has 104 valence electrons. The van der Waals surface area contributed by atoms with E-state index in [9.17, 15) is 22.7 Å². The molecular weight excluding hydrogens is 332 g/mol. The minimum atomic E-state index is -4.90. The number of rotatable bonds is 1. The minimum absolute atomic E-state index is 0.0864. The van der Waals surface area contributed by atoms with Crippen molar-refractivity contribution < 1.29 is 22.7 Å². The molecule has 0 saturated heterocycles. The number of hydrogen-bond donors (Lipinski definition) is 1. The topological polar surface area (TPSA) is 38.0 Å². The van der Waals surface area contributed by atoms with E-state index in [-0.39, 0.29) is 15.4 Å². The van der Waals surface area contributed by atoms with Crippen molar-refractivity contribution in [2.24, 2.45) is 7.05 Å². The van der Waals surface area contributed by atoms with Gasteiger partial charge in [0.25, 0.3) is 0 Å². The minimum Gasteiger partial charge on any atom is -0.375 e. The van der Waals surface area contributed by atoms with E-state index in [1.807, 2.05) is 0 Å². The van der Waals surface area contributed by atoms with Crippen LogP contribution in [0.25, 0.3) is 10.9 Å². The normalized spacial score (nSPS) is 15.8. The van der Waals surface area contributed by atoms with Crippen LogP contribution < -0.4 is 0 Å². The van der Waals surface area contributed by atoms with E-state index in [0.29, 0.717) is 6.92 Å². The van der Waals surface area contributed by atoms with Crippen molar-refractivity contribution in [3.8, 4) is 0 Å². The average Bonchev–Trinajstić information content (AvgIpc) is 2.53. The highest BCUT2D eigenvalue weighted by molar-refractivity contribution is 9.10. The first-order valence-corrected chi connectivity index (χ1v) is 5.96. The fraction of sp³-hybridized carbons (Fsp3) is 0.364. The van der Waals surface area contributed by atoms with E-state index in [1.54, 1.807) is 0 Å². The lowest BCUT2D eigenvalue weighted by molar-refractivity contribution is -0.260. The Morgan fingerprint density at radius 1 is 1.32 bits per heavy atom. The second-order valence-corrected chi connectivity index (χ2v) is 5.24. The molecule has 0 amide bonds. The van der Waals surface area contributed by atoms with Crippen LogP contribution in [-0.2, 0) is 12.6 Å². The highest BCUT2D eigenvalue weighted by atomic mass is 79.9. The summed E-state index contributed by atoms with van der Waals surface area (Å²) in [5, 5.41) is 13.4. The van der Waals surface area contributed by atoms with Gasteiger partial charge in [0.2, 0.25) is 0 Å². The molecule has 1 N–H and O–H groups in total. The lowest BCUT2D eigenvalue weighted by Crippen LogP contribution is -2.41. The van der Waals surface area contributed by atoms with Crippen molar-refractivity contribution in [1.82, 2.24) is 9.78 Å². The van der Waals surface area contributed by atoms with Crippen LogP contribution >= 0.6 is 15.9 Å². The number of hydrogen-bond acceptors (Lipinski definition) is 2. The zero-order valence-corrected chi connectivity index (χ0v) is 11.5. The van der Waals surface area contributed by atoms with Gasteiger partial charge in [0.15, 0.2) is 11.4 Å². The Labute approximate surface area is 114 Å². The van der Waals surface area contributed by atoms with Gasteiger partial charge in [0.05, 0.1) is 5.69 Å².